The molecule has 2 fully saturated rings. The topological polar surface area (TPSA) is 165 Å². The molecule has 2 rings (SSSR count). The van der Waals surface area contributed by atoms with E-state index in [4.69, 9.17) is 41.6 Å². The number of nitrogens with one attached hydrogen (secondary N) is 2. The molecule has 0 spiro atoms. The normalized spacial score (nSPS) is 30.9. The van der Waals surface area contributed by atoms with Crippen LogP contribution in [0.4, 0.5) is 0 Å². The summed E-state index contributed by atoms with van der Waals surface area (Å²) in [6.07, 6.45) is -2.17. The zero-order valence-corrected chi connectivity index (χ0v) is 20.6. The van der Waals surface area contributed by atoms with E-state index in [0.29, 0.717) is 0 Å². The van der Waals surface area contributed by atoms with Gasteiger partial charge in [0, 0.05) is 39.8 Å². The first-order valence-electron chi connectivity index (χ1n) is 11.1. The lowest BCUT2D eigenvalue weighted by Gasteiger charge is -2.45. The Morgan fingerprint density at radius 3 is 1.97 bits per heavy atom. The zero-order chi connectivity index (χ0) is 25.4. The van der Waals surface area contributed by atoms with Gasteiger partial charge in [-0.2, -0.15) is 0 Å². The van der Waals surface area contributed by atoms with Crippen molar-refractivity contribution < 1.29 is 42.9 Å². The second-order valence-electron chi connectivity index (χ2n) is 8.29. The van der Waals surface area contributed by atoms with Crippen molar-refractivity contribution in [3.63, 3.8) is 0 Å². The molecule has 0 amide bonds. The molecule has 1 saturated carbocycles. The molecule has 192 valence electrons. The number of ether oxygens (including phenoxy) is 5. The third-order valence-electron chi connectivity index (χ3n) is 5.40. The van der Waals surface area contributed by atoms with Gasteiger partial charge in [-0.15, -0.1) is 0 Å². The molecular weight excluding hydrogens is 470 g/mol. The van der Waals surface area contributed by atoms with Gasteiger partial charge >= 0.3 is 23.9 Å². The van der Waals surface area contributed by atoms with Gasteiger partial charge in [-0.25, -0.2) is 0 Å². The summed E-state index contributed by atoms with van der Waals surface area (Å²) < 4.78 is 27.2. The van der Waals surface area contributed by atoms with E-state index in [1.54, 1.807) is 0 Å². The first kappa shape index (κ1) is 27.7. The largest absolute Gasteiger partial charge is 0.463 e. The average molecular weight is 504 g/mol. The van der Waals surface area contributed by atoms with Crippen LogP contribution in [0.5, 0.6) is 0 Å². The quantitative estimate of drug-likeness (QED) is 0.238. The van der Waals surface area contributed by atoms with Crippen molar-refractivity contribution in [2.24, 2.45) is 5.73 Å². The van der Waals surface area contributed by atoms with E-state index in [1.807, 2.05) is 0 Å². The minimum Gasteiger partial charge on any atom is -0.463 e. The summed E-state index contributed by atoms with van der Waals surface area (Å²) in [6.45, 7) is 4.38. The summed E-state index contributed by atoms with van der Waals surface area (Å²) in [5.74, 6) is -2.69. The fourth-order valence-electron chi connectivity index (χ4n) is 4.02. The van der Waals surface area contributed by atoms with Crippen molar-refractivity contribution >= 4 is 41.2 Å². The molecule has 0 aromatic carbocycles. The number of hydrogen-bond acceptors (Lipinski definition) is 11. The highest BCUT2D eigenvalue weighted by Gasteiger charge is 2.52. The third kappa shape index (κ3) is 8.37. The van der Waals surface area contributed by atoms with Crippen LogP contribution in [-0.4, -0.2) is 78.3 Å². The minimum atomic E-state index is -1.27. The second-order valence-corrected chi connectivity index (χ2v) is 8.70. The van der Waals surface area contributed by atoms with Gasteiger partial charge in [0.25, 0.3) is 0 Å². The summed E-state index contributed by atoms with van der Waals surface area (Å²) in [6, 6.07) is -0.136. The predicted molar refractivity (Wildman–Crippen MR) is 121 cm³/mol. The van der Waals surface area contributed by atoms with Crippen molar-refractivity contribution in [1.29, 1.82) is 0 Å². The summed E-state index contributed by atoms with van der Waals surface area (Å²) in [7, 11) is 0. The van der Waals surface area contributed by atoms with Crippen molar-refractivity contribution in [3.05, 3.63) is 0 Å². The number of hydrogen-bond donors (Lipinski definition) is 3. The number of carbonyl (C=O) groups excluding carboxylic acids is 4. The van der Waals surface area contributed by atoms with Gasteiger partial charge in [0.05, 0.1) is 0 Å². The van der Waals surface area contributed by atoms with Gasteiger partial charge in [0.1, 0.15) is 12.7 Å². The Bertz CT molecular complexity index is 781. The van der Waals surface area contributed by atoms with Crippen LogP contribution in [0.25, 0.3) is 0 Å². The maximum absolute atomic E-state index is 11.9. The van der Waals surface area contributed by atoms with E-state index in [2.05, 4.69) is 10.6 Å². The smallest absolute Gasteiger partial charge is 0.303 e. The number of nitrogens with two attached hydrogens (primary N) is 1. The van der Waals surface area contributed by atoms with Crippen LogP contribution in [0.3, 0.4) is 0 Å². The number of esters is 4. The van der Waals surface area contributed by atoms with Crippen LogP contribution in [0.2, 0.25) is 0 Å². The van der Waals surface area contributed by atoms with Crippen LogP contribution in [0.15, 0.2) is 0 Å². The molecule has 2 aliphatic rings. The maximum Gasteiger partial charge on any atom is 0.303 e. The maximum atomic E-state index is 11.9. The molecule has 0 radical (unpaired) electrons. The third-order valence-corrected chi connectivity index (χ3v) is 5.64. The monoisotopic (exact) mass is 503 g/mol. The Morgan fingerprint density at radius 1 is 0.853 bits per heavy atom. The number of thiocarbonyl (C=S) groups is 1. The highest BCUT2D eigenvalue weighted by molar-refractivity contribution is 7.80. The van der Waals surface area contributed by atoms with Crippen LogP contribution >= 0.6 is 12.2 Å². The van der Waals surface area contributed by atoms with Crippen LogP contribution < -0.4 is 16.4 Å². The second kappa shape index (κ2) is 12.8. The molecule has 3 unspecified atom stereocenters. The Morgan fingerprint density at radius 2 is 1.41 bits per heavy atom. The molecule has 0 aromatic rings. The molecule has 4 N–H and O–H groups in total. The van der Waals surface area contributed by atoms with Crippen molar-refractivity contribution in [1.82, 2.24) is 10.6 Å². The van der Waals surface area contributed by atoms with Gasteiger partial charge in [0.15, 0.2) is 29.7 Å². The van der Waals surface area contributed by atoms with Crippen molar-refractivity contribution in [2.45, 2.75) is 96.1 Å². The van der Waals surface area contributed by atoms with E-state index in [1.165, 1.54) is 13.8 Å². The first-order valence-corrected chi connectivity index (χ1v) is 11.5. The molecular formula is C21H33N3O9S. The molecule has 12 nitrogen and oxygen atoms in total. The number of carbonyl (C=O) groups is 4. The lowest BCUT2D eigenvalue weighted by molar-refractivity contribution is -0.254. The predicted octanol–water partition coefficient (Wildman–Crippen LogP) is -0.196. The highest BCUT2D eigenvalue weighted by Crippen LogP contribution is 2.28. The van der Waals surface area contributed by atoms with Gasteiger partial charge in [-0.1, -0.05) is 12.8 Å². The van der Waals surface area contributed by atoms with E-state index < -0.39 is 54.5 Å². The lowest BCUT2D eigenvalue weighted by Crippen LogP contribution is -2.67. The van der Waals surface area contributed by atoms with Gasteiger partial charge < -0.3 is 40.1 Å². The van der Waals surface area contributed by atoms with E-state index in [9.17, 15) is 19.2 Å². The van der Waals surface area contributed by atoms with Crippen LogP contribution in [-0.2, 0) is 42.9 Å². The molecule has 34 heavy (non-hydrogen) atoms. The van der Waals surface area contributed by atoms with E-state index in [0.717, 1.165) is 39.5 Å². The standard InChI is InChI=1S/C21H33N3O9S/c1-10(25)29-9-16-17(30-11(2)26)18(31-12(3)27)19(32-13(4)28)20(33-16)24-21(34)23-15-8-6-5-7-14(15)22/h14-20H,5-9,22H2,1-4H3,(H2,23,24,34)/t14-,15-,16?,17+,18?,19?,20+/m0/s1. The molecule has 7 atom stereocenters. The highest BCUT2D eigenvalue weighted by atomic mass is 32.1. The zero-order valence-electron chi connectivity index (χ0n) is 19.7. The Hall–Kier alpha value is -2.51. The first-order chi connectivity index (χ1) is 16.0. The van der Waals surface area contributed by atoms with E-state index >= 15 is 0 Å². The van der Waals surface area contributed by atoms with Gasteiger partial charge in [-0.3, -0.25) is 19.2 Å². The van der Waals surface area contributed by atoms with Crippen molar-refractivity contribution in [2.75, 3.05) is 6.61 Å². The summed E-state index contributed by atoms with van der Waals surface area (Å²) in [5, 5.41) is 6.26. The fraction of sp³-hybridized carbons (Fsp3) is 0.762. The Kier molecular flexibility index (Phi) is 10.5. The molecule has 1 saturated heterocycles. The lowest BCUT2D eigenvalue weighted by atomic mass is 9.91. The molecule has 1 aliphatic carbocycles. The molecule has 1 aliphatic heterocycles. The molecule has 13 heteroatoms. The summed E-state index contributed by atoms with van der Waals surface area (Å²) >= 11 is 5.43. The molecule has 0 bridgehead atoms. The summed E-state index contributed by atoms with van der Waals surface area (Å²) in [4.78, 5) is 46.9. The fourth-order valence-corrected chi connectivity index (χ4v) is 4.29. The Labute approximate surface area is 203 Å². The van der Waals surface area contributed by atoms with Crippen LogP contribution in [0, 0.1) is 0 Å². The SMILES string of the molecule is CC(=O)OCC1O[C@@H](NC(=S)N[C@H]2CCCC[C@@H]2N)C(OC(C)=O)C(OC(C)=O)[C@@H]1OC(C)=O. The van der Waals surface area contributed by atoms with Gasteiger partial charge in [0.2, 0.25) is 0 Å². The Balaban J connectivity index is 2.31. The van der Waals surface area contributed by atoms with Crippen LogP contribution in [0.1, 0.15) is 53.4 Å². The van der Waals surface area contributed by atoms with E-state index in [-0.39, 0.29) is 23.8 Å². The average Bonchev–Trinajstić information content (AvgIpc) is 2.71. The summed E-state index contributed by atoms with van der Waals surface area (Å²) in [5.41, 5.74) is 6.18. The number of rotatable bonds is 7. The minimum absolute atomic E-state index is 0.0561. The molecule has 1 heterocycles. The van der Waals surface area contributed by atoms with Crippen molar-refractivity contribution in [3.8, 4) is 0 Å². The molecule has 0 aromatic heterocycles. The van der Waals surface area contributed by atoms with Gasteiger partial charge in [-0.05, 0) is 25.1 Å².